The van der Waals surface area contributed by atoms with Gasteiger partial charge >= 0.3 is 0 Å². The number of carbonyl (C=O) groups is 1. The SMILES string of the molecule is C[C@@H]1CNCCN1C(=O)Cc1coc2cc(F)ccc12.Cl. The minimum absolute atomic E-state index is 0. The smallest absolute Gasteiger partial charge is 0.227 e. The molecule has 1 fully saturated rings. The minimum Gasteiger partial charge on any atom is -0.464 e. The lowest BCUT2D eigenvalue weighted by atomic mass is 10.1. The summed E-state index contributed by atoms with van der Waals surface area (Å²) in [6, 6.07) is 4.60. The van der Waals surface area contributed by atoms with Gasteiger partial charge in [0.1, 0.15) is 11.4 Å². The lowest BCUT2D eigenvalue weighted by Gasteiger charge is -2.34. The molecular formula is C15H18ClFN2O2. The van der Waals surface area contributed by atoms with E-state index >= 15 is 0 Å². The normalized spacial score (nSPS) is 18.6. The molecule has 0 spiro atoms. The molecule has 1 aliphatic rings. The molecule has 0 radical (unpaired) electrons. The maximum atomic E-state index is 13.1. The largest absolute Gasteiger partial charge is 0.464 e. The van der Waals surface area contributed by atoms with Crippen LogP contribution in [0.4, 0.5) is 4.39 Å². The first-order valence-corrected chi connectivity index (χ1v) is 6.81. The molecule has 1 N–H and O–H groups in total. The summed E-state index contributed by atoms with van der Waals surface area (Å²) in [6.45, 7) is 4.41. The molecule has 114 valence electrons. The van der Waals surface area contributed by atoms with E-state index in [1.807, 2.05) is 11.8 Å². The van der Waals surface area contributed by atoms with Crippen LogP contribution in [0.2, 0.25) is 0 Å². The van der Waals surface area contributed by atoms with E-state index in [0.29, 0.717) is 12.0 Å². The molecular weight excluding hydrogens is 295 g/mol. The zero-order chi connectivity index (χ0) is 14.1. The number of furan rings is 1. The van der Waals surface area contributed by atoms with Gasteiger partial charge in [0.05, 0.1) is 12.7 Å². The Bertz CT molecular complexity index is 644. The third-order valence-electron chi connectivity index (χ3n) is 3.78. The van der Waals surface area contributed by atoms with Gasteiger partial charge in [-0.1, -0.05) is 0 Å². The average Bonchev–Trinajstić information content (AvgIpc) is 2.81. The van der Waals surface area contributed by atoms with Crippen molar-refractivity contribution in [1.82, 2.24) is 10.2 Å². The molecule has 2 aromatic rings. The molecule has 21 heavy (non-hydrogen) atoms. The number of fused-ring (bicyclic) bond motifs is 1. The van der Waals surface area contributed by atoms with Crippen molar-refractivity contribution in [3.05, 3.63) is 35.8 Å². The maximum Gasteiger partial charge on any atom is 0.227 e. The Morgan fingerprint density at radius 1 is 1.52 bits per heavy atom. The molecule has 0 aliphatic carbocycles. The Kier molecular flexibility index (Phi) is 4.85. The Morgan fingerprint density at radius 2 is 2.33 bits per heavy atom. The molecule has 1 aliphatic heterocycles. The highest BCUT2D eigenvalue weighted by molar-refractivity contribution is 5.87. The van der Waals surface area contributed by atoms with Gasteiger partial charge in [-0.15, -0.1) is 12.4 Å². The lowest BCUT2D eigenvalue weighted by molar-refractivity contribution is -0.133. The minimum atomic E-state index is -0.333. The average molecular weight is 313 g/mol. The highest BCUT2D eigenvalue weighted by atomic mass is 35.5. The van der Waals surface area contributed by atoms with Crippen LogP contribution in [0, 0.1) is 5.82 Å². The second-order valence-electron chi connectivity index (χ2n) is 5.22. The van der Waals surface area contributed by atoms with Crippen molar-refractivity contribution in [2.45, 2.75) is 19.4 Å². The monoisotopic (exact) mass is 312 g/mol. The van der Waals surface area contributed by atoms with Crippen molar-refractivity contribution in [2.24, 2.45) is 0 Å². The van der Waals surface area contributed by atoms with Crippen molar-refractivity contribution >= 4 is 29.3 Å². The highest BCUT2D eigenvalue weighted by Crippen LogP contribution is 2.23. The molecule has 1 aromatic carbocycles. The molecule has 1 amide bonds. The fourth-order valence-corrected chi connectivity index (χ4v) is 2.67. The third-order valence-corrected chi connectivity index (χ3v) is 3.78. The number of piperazine rings is 1. The van der Waals surface area contributed by atoms with Crippen LogP contribution in [0.15, 0.2) is 28.9 Å². The first kappa shape index (κ1) is 15.8. The first-order chi connectivity index (χ1) is 9.65. The number of rotatable bonds is 2. The molecule has 1 atom stereocenters. The molecule has 0 saturated carbocycles. The Balaban J connectivity index is 0.00000161. The van der Waals surface area contributed by atoms with Gasteiger partial charge < -0.3 is 14.6 Å². The van der Waals surface area contributed by atoms with Crippen LogP contribution in [-0.2, 0) is 11.2 Å². The number of nitrogens with zero attached hydrogens (tertiary/aromatic N) is 1. The van der Waals surface area contributed by atoms with Gasteiger partial charge in [-0.25, -0.2) is 4.39 Å². The highest BCUT2D eigenvalue weighted by Gasteiger charge is 2.23. The predicted octanol–water partition coefficient (Wildman–Crippen LogP) is 2.36. The number of nitrogens with one attached hydrogen (secondary N) is 1. The van der Waals surface area contributed by atoms with Crippen LogP contribution in [0.3, 0.4) is 0 Å². The Hall–Kier alpha value is -1.59. The van der Waals surface area contributed by atoms with Crippen LogP contribution >= 0.6 is 12.4 Å². The quantitative estimate of drug-likeness (QED) is 0.926. The van der Waals surface area contributed by atoms with Gasteiger partial charge in [-0.05, 0) is 19.1 Å². The second kappa shape index (κ2) is 6.45. The summed E-state index contributed by atoms with van der Waals surface area (Å²) >= 11 is 0. The van der Waals surface area contributed by atoms with Gasteiger partial charge in [0.15, 0.2) is 0 Å². The van der Waals surface area contributed by atoms with Crippen molar-refractivity contribution in [3.63, 3.8) is 0 Å². The Labute approximate surface area is 128 Å². The fourth-order valence-electron chi connectivity index (χ4n) is 2.67. The van der Waals surface area contributed by atoms with E-state index in [4.69, 9.17) is 4.42 Å². The number of benzene rings is 1. The van der Waals surface area contributed by atoms with Crippen LogP contribution in [0.1, 0.15) is 12.5 Å². The molecule has 6 heteroatoms. The summed E-state index contributed by atoms with van der Waals surface area (Å²) in [5.41, 5.74) is 1.30. The molecule has 1 saturated heterocycles. The van der Waals surface area contributed by atoms with Gasteiger partial charge in [-0.3, -0.25) is 4.79 Å². The van der Waals surface area contributed by atoms with E-state index in [1.165, 1.54) is 12.1 Å². The number of hydrogen-bond donors (Lipinski definition) is 1. The summed E-state index contributed by atoms with van der Waals surface area (Å²) < 4.78 is 18.4. The van der Waals surface area contributed by atoms with Gasteiger partial charge in [-0.2, -0.15) is 0 Å². The molecule has 0 bridgehead atoms. The van der Waals surface area contributed by atoms with Gasteiger partial charge in [0.25, 0.3) is 0 Å². The number of amides is 1. The van der Waals surface area contributed by atoms with Crippen LogP contribution in [0.5, 0.6) is 0 Å². The van der Waals surface area contributed by atoms with E-state index in [-0.39, 0.29) is 30.2 Å². The van der Waals surface area contributed by atoms with Crippen molar-refractivity contribution in [1.29, 1.82) is 0 Å². The van der Waals surface area contributed by atoms with Crippen molar-refractivity contribution < 1.29 is 13.6 Å². The standard InChI is InChI=1S/C15H17FN2O2.ClH/c1-10-8-17-4-5-18(10)15(19)6-11-9-20-14-7-12(16)2-3-13(11)14;/h2-3,7,9-10,17H,4-6,8H2,1H3;1H/t10-;/m1./s1. The second-order valence-corrected chi connectivity index (χ2v) is 5.22. The predicted molar refractivity (Wildman–Crippen MR) is 81.2 cm³/mol. The molecule has 0 unspecified atom stereocenters. The summed E-state index contributed by atoms with van der Waals surface area (Å²) in [7, 11) is 0. The van der Waals surface area contributed by atoms with Gasteiger partial charge in [0.2, 0.25) is 5.91 Å². The number of carbonyl (C=O) groups excluding carboxylic acids is 1. The number of hydrogen-bond acceptors (Lipinski definition) is 3. The lowest BCUT2D eigenvalue weighted by Crippen LogP contribution is -2.52. The van der Waals surface area contributed by atoms with E-state index in [1.54, 1.807) is 12.3 Å². The fraction of sp³-hybridized carbons (Fsp3) is 0.400. The van der Waals surface area contributed by atoms with E-state index in [0.717, 1.165) is 30.6 Å². The van der Waals surface area contributed by atoms with Crippen LogP contribution in [0.25, 0.3) is 11.0 Å². The van der Waals surface area contributed by atoms with Crippen LogP contribution in [-0.4, -0.2) is 36.5 Å². The first-order valence-electron chi connectivity index (χ1n) is 6.81. The zero-order valence-electron chi connectivity index (χ0n) is 11.8. The van der Waals surface area contributed by atoms with E-state index in [9.17, 15) is 9.18 Å². The van der Waals surface area contributed by atoms with E-state index in [2.05, 4.69) is 5.32 Å². The molecule has 2 heterocycles. The summed E-state index contributed by atoms with van der Waals surface area (Å²) in [6.07, 6.45) is 1.85. The van der Waals surface area contributed by atoms with Crippen molar-refractivity contribution in [2.75, 3.05) is 19.6 Å². The summed E-state index contributed by atoms with van der Waals surface area (Å²) in [5.74, 6) is -0.244. The molecule has 3 rings (SSSR count). The van der Waals surface area contributed by atoms with Crippen molar-refractivity contribution in [3.8, 4) is 0 Å². The topological polar surface area (TPSA) is 45.5 Å². The van der Waals surface area contributed by atoms with Crippen LogP contribution < -0.4 is 5.32 Å². The zero-order valence-corrected chi connectivity index (χ0v) is 12.6. The summed E-state index contributed by atoms with van der Waals surface area (Å²) in [5, 5.41) is 4.07. The Morgan fingerprint density at radius 3 is 3.10 bits per heavy atom. The molecule has 1 aromatic heterocycles. The van der Waals surface area contributed by atoms with Gasteiger partial charge in [0, 0.05) is 42.7 Å². The summed E-state index contributed by atoms with van der Waals surface area (Å²) in [4.78, 5) is 14.3. The third kappa shape index (κ3) is 3.19. The molecule has 4 nitrogen and oxygen atoms in total. The van der Waals surface area contributed by atoms with E-state index < -0.39 is 0 Å². The number of halogens is 2. The maximum absolute atomic E-state index is 13.1.